The highest BCUT2D eigenvalue weighted by Crippen LogP contribution is 2.26. The van der Waals surface area contributed by atoms with Crippen molar-refractivity contribution in [3.63, 3.8) is 0 Å². The van der Waals surface area contributed by atoms with E-state index < -0.39 is 0 Å². The Labute approximate surface area is 100 Å². The maximum Gasteiger partial charge on any atom is 0.0110 e. The summed E-state index contributed by atoms with van der Waals surface area (Å²) < 4.78 is 0. The first-order chi connectivity index (χ1) is 7.72. The van der Waals surface area contributed by atoms with Crippen LogP contribution in [0.25, 0.3) is 0 Å². The molecule has 3 nitrogen and oxygen atoms in total. The molecule has 0 saturated carbocycles. The van der Waals surface area contributed by atoms with Gasteiger partial charge < -0.3 is 15.1 Å². The molecule has 2 saturated heterocycles. The Kier molecular flexibility index (Phi) is 4.22. The van der Waals surface area contributed by atoms with E-state index in [9.17, 15) is 0 Å². The van der Waals surface area contributed by atoms with Gasteiger partial charge in [-0.05, 0) is 31.3 Å². The Morgan fingerprint density at radius 3 is 2.38 bits per heavy atom. The summed E-state index contributed by atoms with van der Waals surface area (Å²) in [6, 6.07) is 0. The summed E-state index contributed by atoms with van der Waals surface area (Å²) in [4.78, 5) is 5.27. The maximum absolute atomic E-state index is 3.49. The molecule has 0 amide bonds. The second kappa shape index (κ2) is 5.48. The van der Waals surface area contributed by atoms with Crippen molar-refractivity contribution in [1.29, 1.82) is 0 Å². The van der Waals surface area contributed by atoms with Gasteiger partial charge in [0.15, 0.2) is 0 Å². The molecule has 2 fully saturated rings. The molecule has 1 atom stereocenters. The molecular weight excluding hydrogens is 198 g/mol. The van der Waals surface area contributed by atoms with Crippen LogP contribution in [-0.2, 0) is 0 Å². The van der Waals surface area contributed by atoms with Crippen molar-refractivity contribution in [3.05, 3.63) is 0 Å². The van der Waals surface area contributed by atoms with Crippen LogP contribution >= 0.6 is 0 Å². The molecule has 0 aliphatic carbocycles. The normalized spacial score (nSPS) is 33.4. The number of hydrogen-bond donors (Lipinski definition) is 1. The molecule has 2 aliphatic rings. The van der Waals surface area contributed by atoms with E-state index in [-0.39, 0.29) is 0 Å². The summed E-state index contributed by atoms with van der Waals surface area (Å²) in [6.45, 7) is 14.8. The molecule has 2 heterocycles. The second-order valence-corrected chi connectivity index (χ2v) is 5.86. The molecule has 16 heavy (non-hydrogen) atoms. The Morgan fingerprint density at radius 2 is 1.81 bits per heavy atom. The van der Waals surface area contributed by atoms with Crippen molar-refractivity contribution >= 4 is 0 Å². The fourth-order valence-corrected chi connectivity index (χ4v) is 3.03. The summed E-state index contributed by atoms with van der Waals surface area (Å²) in [5, 5.41) is 3.49. The number of nitrogens with zero attached hydrogens (tertiary/aromatic N) is 2. The van der Waals surface area contributed by atoms with Gasteiger partial charge in [-0.25, -0.2) is 0 Å². The van der Waals surface area contributed by atoms with Crippen molar-refractivity contribution in [1.82, 2.24) is 15.1 Å². The average molecular weight is 225 g/mol. The Bertz CT molecular complexity index is 203. The van der Waals surface area contributed by atoms with Crippen LogP contribution in [0.15, 0.2) is 0 Å². The van der Waals surface area contributed by atoms with Crippen LogP contribution in [0.5, 0.6) is 0 Å². The first kappa shape index (κ1) is 12.3. The first-order valence-electron chi connectivity index (χ1n) is 6.87. The van der Waals surface area contributed by atoms with E-state index in [1.54, 1.807) is 0 Å². The molecule has 0 spiro atoms. The van der Waals surface area contributed by atoms with Crippen LogP contribution in [-0.4, -0.2) is 62.2 Å². The molecule has 0 bridgehead atoms. The zero-order valence-corrected chi connectivity index (χ0v) is 11.0. The lowest BCUT2D eigenvalue weighted by Crippen LogP contribution is -2.49. The van der Waals surface area contributed by atoms with Gasteiger partial charge in [0.25, 0.3) is 0 Å². The molecule has 2 aliphatic heterocycles. The fraction of sp³-hybridized carbons (Fsp3) is 1.00. The largest absolute Gasteiger partial charge is 0.316 e. The van der Waals surface area contributed by atoms with Gasteiger partial charge in [0.05, 0.1) is 0 Å². The average Bonchev–Trinajstić information content (AvgIpc) is 2.68. The van der Waals surface area contributed by atoms with Crippen LogP contribution < -0.4 is 5.32 Å². The predicted molar refractivity (Wildman–Crippen MR) is 68.8 cm³/mol. The molecule has 1 N–H and O–H groups in total. The summed E-state index contributed by atoms with van der Waals surface area (Å²) in [5.41, 5.74) is 0.535. The molecule has 0 radical (unpaired) electrons. The highest BCUT2D eigenvalue weighted by Gasteiger charge is 2.31. The molecule has 94 valence electrons. The van der Waals surface area contributed by atoms with Crippen LogP contribution in [0.3, 0.4) is 0 Å². The van der Waals surface area contributed by atoms with Crippen molar-refractivity contribution in [2.45, 2.75) is 26.7 Å². The van der Waals surface area contributed by atoms with Gasteiger partial charge in [0.2, 0.25) is 0 Å². The predicted octanol–water partition coefficient (Wildman–Crippen LogP) is 1.01. The zero-order valence-electron chi connectivity index (χ0n) is 11.0. The third-order valence-corrected chi connectivity index (χ3v) is 4.07. The third kappa shape index (κ3) is 3.19. The van der Waals surface area contributed by atoms with Gasteiger partial charge in [0.1, 0.15) is 0 Å². The summed E-state index contributed by atoms with van der Waals surface area (Å²) in [6.07, 6.45) is 2.64. The summed E-state index contributed by atoms with van der Waals surface area (Å²) in [7, 11) is 0. The molecule has 3 heteroatoms. The van der Waals surface area contributed by atoms with Crippen molar-refractivity contribution in [2.24, 2.45) is 5.41 Å². The van der Waals surface area contributed by atoms with Crippen LogP contribution in [0.2, 0.25) is 0 Å². The van der Waals surface area contributed by atoms with Gasteiger partial charge in [-0.1, -0.05) is 13.8 Å². The van der Waals surface area contributed by atoms with E-state index in [1.807, 2.05) is 0 Å². The van der Waals surface area contributed by atoms with Crippen LogP contribution in [0.1, 0.15) is 26.7 Å². The quantitative estimate of drug-likeness (QED) is 0.770. The SMILES string of the molecule is CCCN1CCN(CC2(C)CCNC2)CC1. The lowest BCUT2D eigenvalue weighted by Gasteiger charge is -2.38. The molecule has 0 aromatic carbocycles. The van der Waals surface area contributed by atoms with E-state index >= 15 is 0 Å². The molecule has 2 rings (SSSR count). The minimum atomic E-state index is 0.535. The lowest BCUT2D eigenvalue weighted by atomic mass is 9.89. The van der Waals surface area contributed by atoms with E-state index in [4.69, 9.17) is 0 Å². The lowest BCUT2D eigenvalue weighted by molar-refractivity contribution is 0.0972. The van der Waals surface area contributed by atoms with Crippen LogP contribution in [0, 0.1) is 5.41 Å². The highest BCUT2D eigenvalue weighted by molar-refractivity contribution is 4.87. The summed E-state index contributed by atoms with van der Waals surface area (Å²) >= 11 is 0. The topological polar surface area (TPSA) is 18.5 Å². The van der Waals surface area contributed by atoms with Gasteiger partial charge in [-0.3, -0.25) is 0 Å². The van der Waals surface area contributed by atoms with E-state index in [0.29, 0.717) is 5.41 Å². The third-order valence-electron chi connectivity index (χ3n) is 4.07. The zero-order chi connectivity index (χ0) is 11.4. The molecule has 0 aromatic rings. The summed E-state index contributed by atoms with van der Waals surface area (Å²) in [5.74, 6) is 0. The molecular formula is C13H27N3. The van der Waals surface area contributed by atoms with Crippen LogP contribution in [0.4, 0.5) is 0 Å². The number of piperazine rings is 1. The van der Waals surface area contributed by atoms with Gasteiger partial charge in [-0.15, -0.1) is 0 Å². The second-order valence-electron chi connectivity index (χ2n) is 5.86. The van der Waals surface area contributed by atoms with E-state index in [1.165, 1.54) is 65.2 Å². The smallest absolute Gasteiger partial charge is 0.0110 e. The first-order valence-corrected chi connectivity index (χ1v) is 6.87. The van der Waals surface area contributed by atoms with Crippen molar-refractivity contribution < 1.29 is 0 Å². The van der Waals surface area contributed by atoms with Gasteiger partial charge >= 0.3 is 0 Å². The standard InChI is InChI=1S/C13H27N3/c1-3-6-15-7-9-16(10-8-15)12-13(2)4-5-14-11-13/h14H,3-12H2,1-2H3. The Hall–Kier alpha value is -0.120. The molecule has 1 unspecified atom stereocenters. The number of nitrogens with one attached hydrogen (secondary N) is 1. The number of hydrogen-bond acceptors (Lipinski definition) is 3. The molecule has 0 aromatic heterocycles. The highest BCUT2D eigenvalue weighted by atomic mass is 15.3. The van der Waals surface area contributed by atoms with Crippen molar-refractivity contribution in [3.8, 4) is 0 Å². The minimum absolute atomic E-state index is 0.535. The Morgan fingerprint density at radius 1 is 1.12 bits per heavy atom. The maximum atomic E-state index is 3.49. The monoisotopic (exact) mass is 225 g/mol. The Balaban J connectivity index is 1.72. The fourth-order valence-electron chi connectivity index (χ4n) is 3.03. The van der Waals surface area contributed by atoms with Gasteiger partial charge in [-0.2, -0.15) is 0 Å². The number of rotatable bonds is 4. The van der Waals surface area contributed by atoms with Gasteiger partial charge in [0, 0.05) is 39.3 Å². The van der Waals surface area contributed by atoms with E-state index in [2.05, 4.69) is 29.0 Å². The van der Waals surface area contributed by atoms with Crippen molar-refractivity contribution in [2.75, 3.05) is 52.4 Å². The minimum Gasteiger partial charge on any atom is -0.316 e. The van der Waals surface area contributed by atoms with E-state index in [0.717, 1.165) is 0 Å².